The molecule has 1 fully saturated rings. The number of aliphatic carboxylic acids is 1. The number of urea groups is 1. The predicted octanol–water partition coefficient (Wildman–Crippen LogP) is -1.56. The molecule has 1 saturated heterocycles. The van der Waals surface area contributed by atoms with Gasteiger partial charge in [-0.25, -0.2) is 29.5 Å². The predicted molar refractivity (Wildman–Crippen MR) is 264 cm³/mol. The number of carboxylic acids is 1. The minimum atomic E-state index is -2.00. The normalized spacial score (nSPS) is 18.6. The highest BCUT2D eigenvalue weighted by molar-refractivity contribution is 5.92. The van der Waals surface area contributed by atoms with Crippen LogP contribution in [-0.2, 0) is 41.8 Å². The number of esters is 1. The Bertz CT molecular complexity index is 2510. The van der Waals surface area contributed by atoms with Crippen LogP contribution in [0.4, 0.5) is 4.79 Å². The average Bonchev–Trinajstić information content (AvgIpc) is 3.64. The van der Waals surface area contributed by atoms with Crippen molar-refractivity contribution in [2.75, 3.05) is 26.7 Å². The van der Waals surface area contributed by atoms with E-state index in [0.717, 1.165) is 27.0 Å². The lowest BCUT2D eigenvalue weighted by molar-refractivity contribution is -0.525. The number of hydrazine groups is 1. The average molecular weight is 1040 g/mol. The second-order valence-corrected chi connectivity index (χ2v) is 18.1. The highest BCUT2D eigenvalue weighted by Gasteiger charge is 2.50. The number of nitrogens with one attached hydrogen (secondary N) is 6. The third-order valence-corrected chi connectivity index (χ3v) is 11.6. The number of aliphatic hydroxyl groups is 3. The van der Waals surface area contributed by atoms with Gasteiger partial charge in [-0.15, -0.1) is 0 Å². The van der Waals surface area contributed by atoms with Crippen LogP contribution in [0, 0.1) is 22.0 Å². The summed E-state index contributed by atoms with van der Waals surface area (Å²) in [5.74, 6) is -4.26. The van der Waals surface area contributed by atoms with Crippen molar-refractivity contribution < 1.29 is 63.6 Å². The topological polar surface area (TPSA) is 392 Å². The number of rotatable bonds is 28. The van der Waals surface area contributed by atoms with E-state index < -0.39 is 113 Å². The van der Waals surface area contributed by atoms with Gasteiger partial charge in [0.25, 0.3) is 11.5 Å². The molecule has 1 aliphatic rings. The summed E-state index contributed by atoms with van der Waals surface area (Å²) >= 11 is 0. The number of guanidine groups is 1. The van der Waals surface area contributed by atoms with Crippen molar-refractivity contribution in [2.24, 2.45) is 22.6 Å². The number of benzene rings is 2. The summed E-state index contributed by atoms with van der Waals surface area (Å²) in [4.78, 5) is 107. The first-order valence-corrected chi connectivity index (χ1v) is 23.8. The number of hydrogen-bond donors (Lipinski definition) is 11. The molecule has 0 saturated carbocycles. The molecule has 2 heterocycles. The van der Waals surface area contributed by atoms with Crippen LogP contribution in [0.15, 0.2) is 81.4 Å². The number of aliphatic hydroxyl groups excluding tert-OH is 3. The molecule has 0 spiro atoms. The molecule has 1 aromatic heterocycles. The number of nitro groups is 1. The van der Waals surface area contributed by atoms with Gasteiger partial charge in [0.1, 0.15) is 60.9 Å². The number of aliphatic imine (C=N–C) groups is 1. The minimum absolute atomic E-state index is 0.0526. The van der Waals surface area contributed by atoms with Crippen molar-refractivity contribution in [3.63, 3.8) is 0 Å². The summed E-state index contributed by atoms with van der Waals surface area (Å²) in [6, 6.07) is 10.2. The van der Waals surface area contributed by atoms with Crippen LogP contribution < -0.4 is 53.7 Å². The lowest BCUT2D eigenvalue weighted by Crippen LogP contribution is -2.57. The number of aromatic nitrogens is 2. The van der Waals surface area contributed by atoms with E-state index in [9.17, 15) is 64.1 Å². The first-order chi connectivity index (χ1) is 35.1. The molecular weight excluding hydrogens is 975 g/mol. The van der Waals surface area contributed by atoms with Gasteiger partial charge in [-0.3, -0.25) is 28.3 Å². The molecule has 0 aliphatic carbocycles. The zero-order chi connectivity index (χ0) is 54.6. The fourth-order valence-corrected chi connectivity index (χ4v) is 7.73. The largest absolute Gasteiger partial charge is 0.497 e. The minimum Gasteiger partial charge on any atom is -0.497 e. The number of carboxylic acid groups (broad SMARTS) is 1. The van der Waals surface area contributed by atoms with E-state index >= 15 is 0 Å². The van der Waals surface area contributed by atoms with Gasteiger partial charge in [-0.05, 0) is 67.3 Å². The number of amides is 4. The van der Waals surface area contributed by atoms with Crippen LogP contribution in [0.2, 0.25) is 0 Å². The zero-order valence-electron chi connectivity index (χ0n) is 41.6. The van der Waals surface area contributed by atoms with Gasteiger partial charge in [0, 0.05) is 25.4 Å². The Hall–Kier alpha value is -7.46. The molecule has 406 valence electrons. The quantitative estimate of drug-likeness (QED) is 0.00978. The molecule has 27 nitrogen and oxygen atoms in total. The molecule has 9 atom stereocenters. The van der Waals surface area contributed by atoms with Crippen LogP contribution in [0.1, 0.15) is 70.7 Å². The van der Waals surface area contributed by atoms with Crippen LogP contribution in [0.5, 0.6) is 5.75 Å². The van der Waals surface area contributed by atoms with Crippen molar-refractivity contribution in [2.45, 2.75) is 121 Å². The van der Waals surface area contributed by atoms with E-state index in [0.29, 0.717) is 11.3 Å². The molecule has 3 aromatic rings. The van der Waals surface area contributed by atoms with Crippen molar-refractivity contribution >= 4 is 35.7 Å². The Morgan fingerprint density at radius 1 is 0.878 bits per heavy atom. The number of nitrogens with zero attached hydrogens (tertiary/aromatic N) is 4. The molecule has 4 amide bonds. The summed E-state index contributed by atoms with van der Waals surface area (Å²) in [5, 5.41) is 66.1. The lowest BCUT2D eigenvalue weighted by Gasteiger charge is -2.27. The maximum Gasteiger partial charge on any atom is 0.333 e. The summed E-state index contributed by atoms with van der Waals surface area (Å²) in [5.41, 5.74) is 6.90. The number of carbonyl (C=O) groups is 5. The van der Waals surface area contributed by atoms with Gasteiger partial charge >= 0.3 is 23.7 Å². The summed E-state index contributed by atoms with van der Waals surface area (Å²) in [6.07, 6.45) is -7.89. The highest BCUT2D eigenvalue weighted by Crippen LogP contribution is 2.31. The van der Waals surface area contributed by atoms with Gasteiger partial charge < -0.3 is 67.0 Å². The number of nitrogens with two attached hydrogens (primary N) is 1. The van der Waals surface area contributed by atoms with E-state index in [1.807, 2.05) is 0 Å². The number of ether oxygens (including phenoxy) is 3. The van der Waals surface area contributed by atoms with E-state index in [-0.39, 0.29) is 64.4 Å². The number of methoxy groups -OCH3 is 1. The van der Waals surface area contributed by atoms with Crippen molar-refractivity contribution in [3.8, 4) is 5.75 Å². The molecule has 74 heavy (non-hydrogen) atoms. The molecule has 12 N–H and O–H groups in total. The molecule has 0 bridgehead atoms. The van der Waals surface area contributed by atoms with Gasteiger partial charge in [-0.1, -0.05) is 75.6 Å². The first kappa shape index (κ1) is 59.1. The molecule has 0 radical (unpaired) electrons. The Labute approximate surface area is 425 Å². The molecular formula is C47H67N11O16. The summed E-state index contributed by atoms with van der Waals surface area (Å²) in [7, 11) is 1.48. The van der Waals surface area contributed by atoms with E-state index in [1.54, 1.807) is 87.7 Å². The van der Waals surface area contributed by atoms with Crippen molar-refractivity contribution in [3.05, 3.63) is 109 Å². The SMILES string of the molecule is COc1ccc(Cn2c(=O)ccn([C@@H]3OC([C@H](O)[C@H](NCCCNC(=O)[C@H](CC(C)C)NC(=O)[C@H](CCCN=C(N)N[N+](=O)[O-])NC(=O)N[C@H](C(=O)OCc4ccccc4)C(C)C)C(=O)O)[C@@H](O)[C@H]3O)c2=O)cc1. The monoisotopic (exact) mass is 1040 g/mol. The van der Waals surface area contributed by atoms with Gasteiger partial charge in [0.2, 0.25) is 11.8 Å². The Kier molecular flexibility index (Phi) is 22.9. The van der Waals surface area contributed by atoms with E-state index in [2.05, 4.69) is 31.6 Å². The van der Waals surface area contributed by atoms with Crippen LogP contribution >= 0.6 is 0 Å². The van der Waals surface area contributed by atoms with Crippen molar-refractivity contribution in [1.29, 1.82) is 0 Å². The fraction of sp³-hybridized carbons (Fsp3) is 0.532. The van der Waals surface area contributed by atoms with Crippen LogP contribution in [-0.4, -0.2) is 146 Å². The second kappa shape index (κ2) is 28.7. The highest BCUT2D eigenvalue weighted by atomic mass is 16.7. The van der Waals surface area contributed by atoms with Crippen LogP contribution in [0.25, 0.3) is 0 Å². The smallest absolute Gasteiger partial charge is 0.333 e. The Morgan fingerprint density at radius 3 is 2.19 bits per heavy atom. The van der Waals surface area contributed by atoms with Gasteiger partial charge in [0.15, 0.2) is 11.3 Å². The van der Waals surface area contributed by atoms with Gasteiger partial charge in [0.05, 0.1) is 13.7 Å². The zero-order valence-corrected chi connectivity index (χ0v) is 41.6. The fourth-order valence-electron chi connectivity index (χ4n) is 7.73. The standard InChI is InChI=1S/C47H67N11O16/c1-26(2)23-32(52-41(64)31(13-9-19-51-45(48)55-58(70)71)53-46(68)54-34(27(3)4)44(67)73-25-29-11-7-6-8-12-29)40(63)50-21-10-20-49-35(43(65)66)36(60)39-37(61)38(62)42(74-39)56-22-18-33(59)57(47(56)69)24-28-14-16-30(72-5)17-15-28/h6-8,11-12,14-18,22,26-27,31-32,34-39,42,49,60-62H,9-10,13,19-21,23-25H2,1-5H3,(H,50,63)(H,52,64)(H,65,66)(H3,48,51,55)(H2,53,54,68)/t31-,32-,34-,35-,36+,37-,38+,39?,42+/m0/s1. The molecule has 27 heteroatoms. The molecule has 1 unspecified atom stereocenters. The van der Waals surface area contributed by atoms with E-state index in [1.165, 1.54) is 7.11 Å². The molecule has 4 rings (SSSR count). The van der Waals surface area contributed by atoms with E-state index in [4.69, 9.17) is 19.9 Å². The van der Waals surface area contributed by atoms with Gasteiger partial charge in [-0.2, -0.15) is 0 Å². The summed E-state index contributed by atoms with van der Waals surface area (Å²) in [6.45, 7) is 6.43. The first-order valence-electron chi connectivity index (χ1n) is 23.8. The maximum absolute atomic E-state index is 13.9. The second-order valence-electron chi connectivity index (χ2n) is 18.1. The Balaban J connectivity index is 1.37. The number of carbonyl (C=O) groups excluding carboxylic acids is 4. The molecule has 1 aliphatic heterocycles. The van der Waals surface area contributed by atoms with Crippen LogP contribution in [0.3, 0.4) is 0 Å². The number of hydrogen-bond acceptors (Lipinski definition) is 17. The maximum atomic E-state index is 13.9. The Morgan fingerprint density at radius 2 is 1.57 bits per heavy atom. The third-order valence-electron chi connectivity index (χ3n) is 11.6. The lowest BCUT2D eigenvalue weighted by atomic mass is 9.99. The summed E-state index contributed by atoms with van der Waals surface area (Å²) < 4.78 is 18.0. The third kappa shape index (κ3) is 17.6. The van der Waals surface area contributed by atoms with Crippen molar-refractivity contribution in [1.82, 2.24) is 41.1 Å². The molecule has 2 aromatic carbocycles.